The summed E-state index contributed by atoms with van der Waals surface area (Å²) < 4.78 is 0.606. The van der Waals surface area contributed by atoms with E-state index in [9.17, 15) is 4.79 Å². The predicted molar refractivity (Wildman–Crippen MR) is 61.6 cm³/mol. The molecule has 1 aliphatic rings. The van der Waals surface area contributed by atoms with Crippen LogP contribution in [0.4, 0.5) is 5.69 Å². The molecule has 0 aromatic heterocycles. The van der Waals surface area contributed by atoms with Crippen LogP contribution in [0.3, 0.4) is 0 Å². The molecule has 0 spiro atoms. The van der Waals surface area contributed by atoms with E-state index < -0.39 is 0 Å². The van der Waals surface area contributed by atoms with Crippen LogP contribution in [-0.2, 0) is 4.79 Å². The minimum absolute atomic E-state index is 0.0222. The first-order chi connectivity index (χ1) is 7.09. The maximum atomic E-state index is 11.8. The van der Waals surface area contributed by atoms with Gasteiger partial charge >= 0.3 is 101 Å². The van der Waals surface area contributed by atoms with Crippen molar-refractivity contribution in [3.63, 3.8) is 0 Å². The SMILES string of the molecule is C[C@@H]1N=C([Se])N(c2ccc(Cl)cc2)C1=O. The number of aliphatic imine (C=N–C) groups is 1. The van der Waals surface area contributed by atoms with Gasteiger partial charge in [-0.05, 0) is 0 Å². The molecule has 2 rings (SSSR count). The number of hydrogen-bond donors (Lipinski definition) is 0. The number of amides is 1. The summed E-state index contributed by atoms with van der Waals surface area (Å²) in [7, 11) is 0. The zero-order chi connectivity index (χ0) is 11.0. The summed E-state index contributed by atoms with van der Waals surface area (Å²) in [5.41, 5.74) is 0.784. The molecular formula is C10H8ClN2OSe. The van der Waals surface area contributed by atoms with Gasteiger partial charge in [-0.3, -0.25) is 0 Å². The number of hydrogen-bond acceptors (Lipinski definition) is 2. The van der Waals surface area contributed by atoms with Crippen molar-refractivity contribution in [1.82, 2.24) is 0 Å². The van der Waals surface area contributed by atoms with Gasteiger partial charge in [0.2, 0.25) is 0 Å². The van der Waals surface area contributed by atoms with E-state index in [1.807, 2.05) is 0 Å². The van der Waals surface area contributed by atoms with Crippen LogP contribution in [0.15, 0.2) is 29.3 Å². The van der Waals surface area contributed by atoms with Gasteiger partial charge in [0.1, 0.15) is 0 Å². The molecule has 1 aromatic carbocycles. The predicted octanol–water partition coefficient (Wildman–Crippen LogP) is 1.60. The number of amidine groups is 1. The summed E-state index contributed by atoms with van der Waals surface area (Å²) in [4.78, 5) is 17.5. The summed E-state index contributed by atoms with van der Waals surface area (Å²) >= 11 is 8.56. The third kappa shape index (κ3) is 1.93. The Morgan fingerprint density at radius 3 is 2.47 bits per heavy atom. The van der Waals surface area contributed by atoms with Crippen LogP contribution in [0.5, 0.6) is 0 Å². The standard InChI is InChI=1S/C10H8ClN2OSe/c1-6-9(14)13(10(15)12-6)8-4-2-7(11)3-5-8/h2-6H,1H3/t6-/m0/s1. The third-order valence-corrected chi connectivity index (χ3v) is 3.01. The van der Waals surface area contributed by atoms with Crippen molar-refractivity contribution in [2.45, 2.75) is 13.0 Å². The van der Waals surface area contributed by atoms with E-state index in [1.165, 1.54) is 0 Å². The molecule has 1 aromatic rings. The number of anilines is 1. The number of carbonyl (C=O) groups is 1. The van der Waals surface area contributed by atoms with E-state index in [2.05, 4.69) is 21.0 Å². The van der Waals surface area contributed by atoms with Gasteiger partial charge in [-0.1, -0.05) is 0 Å². The summed E-state index contributed by atoms with van der Waals surface area (Å²) in [5.74, 6) is -0.0222. The topological polar surface area (TPSA) is 32.7 Å². The Morgan fingerprint density at radius 2 is 2.00 bits per heavy atom. The fourth-order valence-electron chi connectivity index (χ4n) is 1.39. The van der Waals surface area contributed by atoms with E-state index >= 15 is 0 Å². The first-order valence-electron chi connectivity index (χ1n) is 4.44. The van der Waals surface area contributed by atoms with Gasteiger partial charge in [-0.15, -0.1) is 0 Å². The molecule has 1 aliphatic heterocycles. The van der Waals surface area contributed by atoms with E-state index in [0.29, 0.717) is 9.76 Å². The summed E-state index contributed by atoms with van der Waals surface area (Å²) in [6.07, 6.45) is 0. The van der Waals surface area contributed by atoms with Crippen molar-refractivity contribution in [3.05, 3.63) is 29.3 Å². The van der Waals surface area contributed by atoms with Crippen LogP contribution in [0.2, 0.25) is 5.02 Å². The summed E-state index contributed by atoms with van der Waals surface area (Å²) in [6.45, 7) is 1.77. The zero-order valence-electron chi connectivity index (χ0n) is 7.98. The normalized spacial score (nSPS) is 20.7. The van der Waals surface area contributed by atoms with Crippen LogP contribution in [0, 0.1) is 0 Å². The van der Waals surface area contributed by atoms with Gasteiger partial charge in [-0.25, -0.2) is 0 Å². The quantitative estimate of drug-likeness (QED) is 0.722. The zero-order valence-corrected chi connectivity index (χ0v) is 10.4. The van der Waals surface area contributed by atoms with Crippen LogP contribution in [0.25, 0.3) is 0 Å². The molecule has 0 saturated heterocycles. The van der Waals surface area contributed by atoms with Crippen molar-refractivity contribution >= 4 is 43.9 Å². The van der Waals surface area contributed by atoms with E-state index in [0.717, 1.165) is 5.69 Å². The molecule has 0 bridgehead atoms. The Kier molecular flexibility index (Phi) is 2.83. The Bertz CT molecular complexity index is 430. The average Bonchev–Trinajstić information content (AvgIpc) is 2.44. The molecule has 1 atom stereocenters. The van der Waals surface area contributed by atoms with Gasteiger partial charge in [0.25, 0.3) is 0 Å². The average molecular weight is 287 g/mol. The van der Waals surface area contributed by atoms with Crippen molar-refractivity contribution in [2.75, 3.05) is 4.90 Å². The molecule has 1 heterocycles. The van der Waals surface area contributed by atoms with Crippen molar-refractivity contribution in [2.24, 2.45) is 4.99 Å². The summed E-state index contributed by atoms with van der Waals surface area (Å²) in [5, 5.41) is 0.650. The van der Waals surface area contributed by atoms with Crippen LogP contribution >= 0.6 is 11.6 Å². The second-order valence-corrected chi connectivity index (χ2v) is 4.44. The van der Waals surface area contributed by atoms with Crippen LogP contribution in [0.1, 0.15) is 6.92 Å². The maximum absolute atomic E-state index is 11.8. The van der Waals surface area contributed by atoms with Gasteiger partial charge in [-0.2, -0.15) is 0 Å². The third-order valence-electron chi connectivity index (χ3n) is 2.16. The molecule has 1 radical (unpaired) electrons. The van der Waals surface area contributed by atoms with Crippen LogP contribution < -0.4 is 4.90 Å². The fraction of sp³-hybridized carbons (Fsp3) is 0.200. The molecule has 0 N–H and O–H groups in total. The monoisotopic (exact) mass is 287 g/mol. The summed E-state index contributed by atoms with van der Waals surface area (Å²) in [6, 6.07) is 6.79. The molecule has 15 heavy (non-hydrogen) atoms. The molecule has 77 valence electrons. The van der Waals surface area contributed by atoms with Gasteiger partial charge in [0.15, 0.2) is 0 Å². The Balaban J connectivity index is 2.36. The number of rotatable bonds is 1. The van der Waals surface area contributed by atoms with Crippen LogP contribution in [-0.4, -0.2) is 32.7 Å². The molecule has 3 nitrogen and oxygen atoms in total. The molecule has 5 heteroatoms. The first-order valence-corrected chi connectivity index (χ1v) is 5.67. The van der Waals surface area contributed by atoms with E-state index in [-0.39, 0.29) is 11.9 Å². The molecule has 1 amide bonds. The van der Waals surface area contributed by atoms with Crippen molar-refractivity contribution in [3.8, 4) is 0 Å². The second-order valence-electron chi connectivity index (χ2n) is 3.24. The molecule has 0 aliphatic carbocycles. The van der Waals surface area contributed by atoms with Gasteiger partial charge in [0.05, 0.1) is 0 Å². The molecular weight excluding hydrogens is 279 g/mol. The van der Waals surface area contributed by atoms with Gasteiger partial charge < -0.3 is 0 Å². The van der Waals surface area contributed by atoms with E-state index in [1.54, 1.807) is 36.1 Å². The molecule has 0 fully saturated rings. The number of halogens is 1. The minimum atomic E-state index is -0.308. The number of benzene rings is 1. The van der Waals surface area contributed by atoms with E-state index in [4.69, 9.17) is 11.6 Å². The Morgan fingerprint density at radius 1 is 1.40 bits per heavy atom. The Hall–Kier alpha value is -0.831. The fourth-order valence-corrected chi connectivity index (χ4v) is 2.26. The first kappa shape index (κ1) is 10.7. The number of carbonyl (C=O) groups excluding carboxylic acids is 1. The molecule has 0 unspecified atom stereocenters. The van der Waals surface area contributed by atoms with Crippen molar-refractivity contribution in [1.29, 1.82) is 0 Å². The van der Waals surface area contributed by atoms with Crippen molar-refractivity contribution < 1.29 is 4.79 Å². The number of nitrogens with zero attached hydrogens (tertiary/aromatic N) is 2. The molecule has 0 saturated carbocycles. The second kappa shape index (κ2) is 3.97. The van der Waals surface area contributed by atoms with Gasteiger partial charge in [0, 0.05) is 0 Å². The Labute approximate surface area is 101 Å².